The van der Waals surface area contributed by atoms with E-state index in [0.29, 0.717) is 0 Å². The van der Waals surface area contributed by atoms with Gasteiger partial charge in [0.05, 0.1) is 0 Å². The first-order chi connectivity index (χ1) is 6.76. The van der Waals surface area contributed by atoms with Gasteiger partial charge in [-0.25, -0.2) is 0 Å². The molecule has 1 aliphatic rings. The third-order valence-electron chi connectivity index (χ3n) is 2.98. The van der Waals surface area contributed by atoms with Crippen LogP contribution < -0.4 is 10.4 Å². The second kappa shape index (κ2) is 3.45. The monoisotopic (exact) mass is 184 g/mol. The van der Waals surface area contributed by atoms with Gasteiger partial charge in [0.1, 0.15) is 0 Å². The summed E-state index contributed by atoms with van der Waals surface area (Å²) in [7, 11) is 0. The minimum Gasteiger partial charge on any atom is -0.0798 e. The molecule has 0 nitrogen and oxygen atoms in total. The zero-order valence-corrected chi connectivity index (χ0v) is 9.09. The summed E-state index contributed by atoms with van der Waals surface area (Å²) in [6.45, 7) is 6.40. The van der Waals surface area contributed by atoms with Gasteiger partial charge < -0.3 is 0 Å². The van der Waals surface area contributed by atoms with E-state index in [1.54, 1.807) is 0 Å². The van der Waals surface area contributed by atoms with Gasteiger partial charge in [-0.2, -0.15) is 0 Å². The van der Waals surface area contributed by atoms with Crippen molar-refractivity contribution in [2.24, 2.45) is 0 Å². The highest BCUT2D eigenvalue weighted by atomic mass is 14.1. The Balaban J connectivity index is 2.79. The highest BCUT2D eigenvalue weighted by Gasteiger charge is 2.09. The van der Waals surface area contributed by atoms with Crippen molar-refractivity contribution in [3.63, 3.8) is 0 Å². The van der Waals surface area contributed by atoms with E-state index in [-0.39, 0.29) is 0 Å². The molecule has 0 N–H and O–H groups in total. The number of benzene rings is 1. The third kappa shape index (κ3) is 1.31. The van der Waals surface area contributed by atoms with Crippen molar-refractivity contribution < 1.29 is 0 Å². The van der Waals surface area contributed by atoms with Crippen LogP contribution in [0.15, 0.2) is 18.2 Å². The highest BCUT2D eigenvalue weighted by Crippen LogP contribution is 2.23. The van der Waals surface area contributed by atoms with Gasteiger partial charge >= 0.3 is 0 Å². The van der Waals surface area contributed by atoms with E-state index in [2.05, 4.69) is 51.1 Å². The summed E-state index contributed by atoms with van der Waals surface area (Å²) in [6, 6.07) is 4.63. The van der Waals surface area contributed by atoms with Crippen molar-refractivity contribution in [2.75, 3.05) is 0 Å². The fraction of sp³-hybridized carbons (Fsp3) is 0.286. The van der Waals surface area contributed by atoms with E-state index < -0.39 is 0 Å². The first-order valence-electron chi connectivity index (χ1n) is 5.19. The second-order valence-corrected chi connectivity index (χ2v) is 3.81. The lowest BCUT2D eigenvalue weighted by molar-refractivity contribution is 1.28. The Morgan fingerprint density at radius 2 is 1.71 bits per heavy atom. The minimum atomic E-state index is 1.10. The summed E-state index contributed by atoms with van der Waals surface area (Å²) in [5, 5.41) is 2.70. The highest BCUT2D eigenvalue weighted by molar-refractivity contribution is 5.71. The van der Waals surface area contributed by atoms with Gasteiger partial charge in [-0.15, -0.1) is 0 Å². The van der Waals surface area contributed by atoms with Gasteiger partial charge in [0.2, 0.25) is 0 Å². The Hall–Kier alpha value is -1.30. The zero-order chi connectivity index (χ0) is 10.1. The predicted molar refractivity (Wildman–Crippen MR) is 63.3 cm³/mol. The zero-order valence-electron chi connectivity index (χ0n) is 9.09. The third-order valence-corrected chi connectivity index (χ3v) is 2.98. The lowest BCUT2D eigenvalue weighted by Gasteiger charge is -2.01. The average molecular weight is 184 g/mol. The Labute approximate surface area is 85.3 Å². The molecule has 2 rings (SSSR count). The molecule has 0 saturated carbocycles. The minimum absolute atomic E-state index is 1.10. The Kier molecular flexibility index (Phi) is 2.28. The standard InChI is InChI=1S/C14H16/c1-4-11-8-13-7-6-10(3)14(13)9-12(11)5-2/h4-6,8-9H,7H2,1-3H3/b11-4-,12-5-. The molecule has 0 atom stereocenters. The number of hydrogen-bond acceptors (Lipinski definition) is 0. The van der Waals surface area contributed by atoms with Crippen LogP contribution in [0.25, 0.3) is 17.7 Å². The molecule has 0 fully saturated rings. The first-order valence-corrected chi connectivity index (χ1v) is 5.19. The van der Waals surface area contributed by atoms with E-state index in [4.69, 9.17) is 0 Å². The number of allylic oxidation sites excluding steroid dienone is 2. The molecular weight excluding hydrogens is 168 g/mol. The number of fused-ring (bicyclic) bond motifs is 1. The van der Waals surface area contributed by atoms with Crippen LogP contribution in [0, 0.1) is 0 Å². The number of hydrogen-bond donors (Lipinski definition) is 0. The largest absolute Gasteiger partial charge is 0.0798 e. The van der Waals surface area contributed by atoms with Crippen LogP contribution in [-0.4, -0.2) is 0 Å². The van der Waals surface area contributed by atoms with E-state index in [1.807, 2.05) is 0 Å². The maximum absolute atomic E-state index is 2.32. The van der Waals surface area contributed by atoms with Crippen LogP contribution in [0.3, 0.4) is 0 Å². The summed E-state index contributed by atoms with van der Waals surface area (Å²) in [6.07, 6.45) is 7.78. The summed E-state index contributed by atoms with van der Waals surface area (Å²) in [5.41, 5.74) is 4.33. The van der Waals surface area contributed by atoms with Crippen LogP contribution in [0.2, 0.25) is 0 Å². The molecule has 0 saturated heterocycles. The molecule has 1 aromatic rings. The van der Waals surface area contributed by atoms with Crippen LogP contribution in [-0.2, 0) is 6.42 Å². The number of rotatable bonds is 0. The van der Waals surface area contributed by atoms with Crippen molar-refractivity contribution in [2.45, 2.75) is 27.2 Å². The van der Waals surface area contributed by atoms with Crippen LogP contribution in [0.4, 0.5) is 0 Å². The van der Waals surface area contributed by atoms with Crippen molar-refractivity contribution >= 4 is 17.7 Å². The Morgan fingerprint density at radius 1 is 1.07 bits per heavy atom. The van der Waals surface area contributed by atoms with Gasteiger partial charge in [0, 0.05) is 0 Å². The summed E-state index contributed by atoms with van der Waals surface area (Å²) in [4.78, 5) is 0. The van der Waals surface area contributed by atoms with E-state index in [1.165, 1.54) is 27.1 Å². The van der Waals surface area contributed by atoms with Crippen molar-refractivity contribution in [3.05, 3.63) is 39.8 Å². The Bertz CT molecular complexity index is 502. The molecular formula is C14H16. The lowest BCUT2D eigenvalue weighted by Crippen LogP contribution is -2.24. The van der Waals surface area contributed by atoms with Crippen LogP contribution in [0.5, 0.6) is 0 Å². The molecule has 0 spiro atoms. The molecule has 0 heterocycles. The molecule has 1 aromatic carbocycles. The molecule has 0 unspecified atom stereocenters. The molecule has 0 bridgehead atoms. The second-order valence-electron chi connectivity index (χ2n) is 3.81. The maximum Gasteiger partial charge on any atom is -0.00853 e. The van der Waals surface area contributed by atoms with E-state index >= 15 is 0 Å². The van der Waals surface area contributed by atoms with Gasteiger partial charge in [-0.05, 0) is 60.4 Å². The molecule has 0 amide bonds. The van der Waals surface area contributed by atoms with Gasteiger partial charge in [-0.3, -0.25) is 0 Å². The van der Waals surface area contributed by atoms with Crippen molar-refractivity contribution in [3.8, 4) is 0 Å². The lowest BCUT2D eigenvalue weighted by atomic mass is 10.0. The molecule has 0 aromatic heterocycles. The summed E-state index contributed by atoms with van der Waals surface area (Å²) >= 11 is 0. The smallest absolute Gasteiger partial charge is 0.00853 e. The van der Waals surface area contributed by atoms with Crippen molar-refractivity contribution in [1.29, 1.82) is 0 Å². The first kappa shape index (κ1) is 9.26. The van der Waals surface area contributed by atoms with Crippen LogP contribution in [0.1, 0.15) is 31.9 Å². The quantitative estimate of drug-likeness (QED) is 0.580. The van der Waals surface area contributed by atoms with Gasteiger partial charge in [0.25, 0.3) is 0 Å². The van der Waals surface area contributed by atoms with Crippen LogP contribution >= 0.6 is 0 Å². The van der Waals surface area contributed by atoms with E-state index in [0.717, 1.165) is 6.42 Å². The fourth-order valence-corrected chi connectivity index (χ4v) is 2.09. The SMILES string of the molecule is C/C=c1/cc2c(c/c1=C/C)C(C)=CC2. The molecule has 1 aliphatic carbocycles. The summed E-state index contributed by atoms with van der Waals surface area (Å²) in [5.74, 6) is 0. The summed E-state index contributed by atoms with van der Waals surface area (Å²) < 4.78 is 0. The maximum atomic E-state index is 2.32. The van der Waals surface area contributed by atoms with E-state index in [9.17, 15) is 0 Å². The average Bonchev–Trinajstić information content (AvgIpc) is 2.58. The predicted octanol–water partition coefficient (Wildman–Crippen LogP) is 2.25. The van der Waals surface area contributed by atoms with Gasteiger partial charge in [0.15, 0.2) is 0 Å². The molecule has 14 heavy (non-hydrogen) atoms. The molecule has 0 aliphatic heterocycles. The van der Waals surface area contributed by atoms with Crippen molar-refractivity contribution in [1.82, 2.24) is 0 Å². The molecule has 0 radical (unpaired) electrons. The Morgan fingerprint density at radius 3 is 2.36 bits per heavy atom. The fourth-order valence-electron chi connectivity index (χ4n) is 2.09. The molecule has 72 valence electrons. The molecule has 0 heteroatoms. The topological polar surface area (TPSA) is 0 Å². The van der Waals surface area contributed by atoms with Gasteiger partial charge in [-0.1, -0.05) is 24.3 Å². The normalized spacial score (nSPS) is 17.2.